The lowest BCUT2D eigenvalue weighted by Crippen LogP contribution is -2.18. The van der Waals surface area contributed by atoms with Gasteiger partial charge in [0.05, 0.1) is 11.1 Å². The standard InChI is InChI=1S/C27H16F6N2/c1-15-11-21(23(27(31,32)33)22(12-15)26(28,29)30)25-20-14-18-10-6-5-9-17(18)13-19(20)24(34-35-25)16-7-3-2-4-8-16/h2-14H,1H3. The van der Waals surface area contributed by atoms with Gasteiger partial charge in [0.1, 0.15) is 11.4 Å². The van der Waals surface area contributed by atoms with Crippen molar-refractivity contribution in [2.24, 2.45) is 0 Å². The monoisotopic (exact) mass is 482 g/mol. The fraction of sp³-hybridized carbons (Fsp3) is 0.111. The lowest BCUT2D eigenvalue weighted by atomic mass is 9.91. The van der Waals surface area contributed by atoms with Crippen LogP contribution >= 0.6 is 0 Å². The van der Waals surface area contributed by atoms with Gasteiger partial charge in [-0.05, 0) is 47.5 Å². The maximum absolute atomic E-state index is 14.1. The summed E-state index contributed by atoms with van der Waals surface area (Å²) in [6, 6.07) is 21.2. The van der Waals surface area contributed by atoms with Crippen LogP contribution in [0.15, 0.2) is 78.9 Å². The average molecular weight is 482 g/mol. The van der Waals surface area contributed by atoms with Crippen molar-refractivity contribution in [2.45, 2.75) is 19.3 Å². The molecule has 1 heterocycles. The molecule has 8 heteroatoms. The zero-order chi connectivity index (χ0) is 25.0. The maximum Gasteiger partial charge on any atom is 0.417 e. The molecule has 0 aliphatic rings. The van der Waals surface area contributed by atoms with E-state index in [9.17, 15) is 26.3 Å². The van der Waals surface area contributed by atoms with Crippen molar-refractivity contribution in [1.82, 2.24) is 10.2 Å². The van der Waals surface area contributed by atoms with Crippen molar-refractivity contribution < 1.29 is 26.3 Å². The van der Waals surface area contributed by atoms with E-state index in [2.05, 4.69) is 10.2 Å². The van der Waals surface area contributed by atoms with Crippen LogP contribution in [0.1, 0.15) is 16.7 Å². The quantitative estimate of drug-likeness (QED) is 0.186. The Labute approximate surface area is 195 Å². The predicted octanol–water partition coefficient (Wildman–Crippen LogP) is 8.46. The van der Waals surface area contributed by atoms with Crippen molar-refractivity contribution >= 4 is 21.5 Å². The summed E-state index contributed by atoms with van der Waals surface area (Å²) in [5.74, 6) is 0. The van der Waals surface area contributed by atoms with Gasteiger partial charge in [-0.1, -0.05) is 54.6 Å². The molecule has 4 aromatic carbocycles. The van der Waals surface area contributed by atoms with Gasteiger partial charge < -0.3 is 0 Å². The molecule has 0 aliphatic heterocycles. The van der Waals surface area contributed by atoms with Crippen molar-refractivity contribution in [2.75, 3.05) is 0 Å². The van der Waals surface area contributed by atoms with Gasteiger partial charge in [0.25, 0.3) is 0 Å². The van der Waals surface area contributed by atoms with Crippen LogP contribution in [0.5, 0.6) is 0 Å². The fourth-order valence-electron chi connectivity index (χ4n) is 4.35. The largest absolute Gasteiger partial charge is 0.417 e. The molecule has 0 N–H and O–H groups in total. The van der Waals surface area contributed by atoms with Crippen LogP contribution in [0.2, 0.25) is 0 Å². The van der Waals surface area contributed by atoms with Crippen molar-refractivity contribution in [3.05, 3.63) is 95.6 Å². The smallest absolute Gasteiger partial charge is 0.166 e. The van der Waals surface area contributed by atoms with E-state index in [0.29, 0.717) is 28.1 Å². The molecular weight excluding hydrogens is 466 g/mol. The molecule has 176 valence electrons. The van der Waals surface area contributed by atoms with E-state index in [1.54, 1.807) is 48.5 Å². The summed E-state index contributed by atoms with van der Waals surface area (Å²) in [5, 5.41) is 10.6. The number of benzene rings is 4. The third-order valence-corrected chi connectivity index (χ3v) is 5.82. The van der Waals surface area contributed by atoms with Crippen LogP contribution in [0.25, 0.3) is 44.1 Å². The lowest BCUT2D eigenvalue weighted by molar-refractivity contribution is -0.161. The molecule has 5 rings (SSSR count). The number of aryl methyl sites for hydroxylation is 1. The first-order valence-corrected chi connectivity index (χ1v) is 10.6. The van der Waals surface area contributed by atoms with E-state index in [1.165, 1.54) is 6.92 Å². The maximum atomic E-state index is 14.1. The summed E-state index contributed by atoms with van der Waals surface area (Å²) >= 11 is 0. The molecule has 0 spiro atoms. The number of halogens is 6. The predicted molar refractivity (Wildman–Crippen MR) is 123 cm³/mol. The average Bonchev–Trinajstić information content (AvgIpc) is 2.80. The molecule has 5 aromatic rings. The molecule has 0 aliphatic carbocycles. The number of alkyl halides is 6. The van der Waals surface area contributed by atoms with Crippen LogP contribution in [0.4, 0.5) is 26.3 Å². The second kappa shape index (κ2) is 8.08. The van der Waals surface area contributed by atoms with E-state index >= 15 is 0 Å². The summed E-state index contributed by atoms with van der Waals surface area (Å²) in [6.45, 7) is 1.32. The number of rotatable bonds is 2. The summed E-state index contributed by atoms with van der Waals surface area (Å²) in [6.07, 6.45) is -10.5. The summed E-state index contributed by atoms with van der Waals surface area (Å²) in [5.41, 5.74) is -3.29. The molecule has 0 amide bonds. The topological polar surface area (TPSA) is 25.8 Å². The molecule has 0 atom stereocenters. The Bertz CT molecular complexity index is 1570. The van der Waals surface area contributed by atoms with Crippen LogP contribution in [0.3, 0.4) is 0 Å². The molecule has 2 nitrogen and oxygen atoms in total. The van der Waals surface area contributed by atoms with Crippen LogP contribution in [0, 0.1) is 6.92 Å². The summed E-state index contributed by atoms with van der Waals surface area (Å²) < 4.78 is 83.5. The van der Waals surface area contributed by atoms with Crippen LogP contribution < -0.4 is 0 Å². The summed E-state index contributed by atoms with van der Waals surface area (Å²) in [4.78, 5) is 0. The third kappa shape index (κ3) is 4.09. The second-order valence-corrected chi connectivity index (χ2v) is 8.24. The molecule has 0 radical (unpaired) electrons. The first kappa shape index (κ1) is 22.8. The number of aromatic nitrogens is 2. The molecule has 0 unspecified atom stereocenters. The molecule has 0 saturated carbocycles. The Balaban J connectivity index is 1.93. The summed E-state index contributed by atoms with van der Waals surface area (Å²) in [7, 11) is 0. The highest BCUT2D eigenvalue weighted by Crippen LogP contribution is 2.47. The molecule has 0 bridgehead atoms. The first-order chi connectivity index (χ1) is 16.5. The zero-order valence-electron chi connectivity index (χ0n) is 18.2. The van der Waals surface area contributed by atoms with E-state index < -0.39 is 29.0 Å². The Morgan fingerprint density at radius 3 is 1.71 bits per heavy atom. The molecule has 35 heavy (non-hydrogen) atoms. The molecule has 1 aromatic heterocycles. The van der Waals surface area contributed by atoms with Gasteiger partial charge in [-0.3, -0.25) is 0 Å². The number of fused-ring (bicyclic) bond motifs is 2. The van der Waals surface area contributed by atoms with Gasteiger partial charge in [-0.2, -0.15) is 26.3 Å². The van der Waals surface area contributed by atoms with Gasteiger partial charge in [0.15, 0.2) is 0 Å². The normalized spacial score (nSPS) is 12.4. The lowest BCUT2D eigenvalue weighted by Gasteiger charge is -2.21. The Hall–Kier alpha value is -3.94. The highest BCUT2D eigenvalue weighted by molar-refractivity contribution is 6.08. The molecule has 0 fully saturated rings. The van der Waals surface area contributed by atoms with Gasteiger partial charge in [-0.25, -0.2) is 0 Å². The van der Waals surface area contributed by atoms with Gasteiger partial charge in [-0.15, -0.1) is 10.2 Å². The van der Waals surface area contributed by atoms with E-state index in [4.69, 9.17) is 0 Å². The molecular formula is C27H16F6N2. The van der Waals surface area contributed by atoms with Gasteiger partial charge in [0.2, 0.25) is 0 Å². The minimum atomic E-state index is -5.27. The third-order valence-electron chi connectivity index (χ3n) is 5.82. The van der Waals surface area contributed by atoms with Crippen LogP contribution in [-0.4, -0.2) is 10.2 Å². The Kier molecular flexibility index (Phi) is 5.27. The van der Waals surface area contributed by atoms with E-state index in [1.807, 2.05) is 18.2 Å². The van der Waals surface area contributed by atoms with E-state index in [-0.39, 0.29) is 16.6 Å². The fourth-order valence-corrected chi connectivity index (χ4v) is 4.35. The minimum Gasteiger partial charge on any atom is -0.166 e. The Morgan fingerprint density at radius 2 is 1.14 bits per heavy atom. The van der Waals surface area contributed by atoms with Gasteiger partial charge >= 0.3 is 12.4 Å². The van der Waals surface area contributed by atoms with Crippen molar-refractivity contribution in [1.29, 1.82) is 0 Å². The van der Waals surface area contributed by atoms with E-state index in [0.717, 1.165) is 11.5 Å². The minimum absolute atomic E-state index is 0.0307. The highest BCUT2D eigenvalue weighted by Gasteiger charge is 2.45. The number of hydrogen-bond donors (Lipinski definition) is 0. The van der Waals surface area contributed by atoms with Gasteiger partial charge in [0, 0.05) is 21.9 Å². The number of hydrogen-bond acceptors (Lipinski definition) is 2. The highest BCUT2D eigenvalue weighted by atomic mass is 19.4. The zero-order valence-corrected chi connectivity index (χ0v) is 18.2. The van der Waals surface area contributed by atoms with Crippen LogP contribution in [-0.2, 0) is 12.4 Å². The Morgan fingerprint density at radius 1 is 0.600 bits per heavy atom. The van der Waals surface area contributed by atoms with Crippen molar-refractivity contribution in [3.8, 4) is 22.5 Å². The second-order valence-electron chi connectivity index (χ2n) is 8.24. The first-order valence-electron chi connectivity index (χ1n) is 10.6. The number of nitrogens with zero attached hydrogens (tertiary/aromatic N) is 2. The van der Waals surface area contributed by atoms with Crippen molar-refractivity contribution in [3.63, 3.8) is 0 Å². The SMILES string of the molecule is Cc1cc(-c2nnc(-c3ccccc3)c3cc4ccccc4cc23)c(C(F)(F)F)c(C(F)(F)F)c1. The molecule has 0 saturated heterocycles.